The Labute approximate surface area is 323 Å². The largest absolute Gasteiger partial charge is 0.256 e. The zero-order valence-electron chi connectivity index (χ0n) is 30.3. The minimum Gasteiger partial charge on any atom is -0.256 e. The topological polar surface area (TPSA) is 51.6 Å². The Bertz CT molecular complexity index is 3170. The number of nitrogens with zero attached hydrogens (tertiary/aromatic N) is 4. The first kappa shape index (κ1) is 31.9. The van der Waals surface area contributed by atoms with Crippen molar-refractivity contribution in [3.8, 4) is 56.4 Å². The van der Waals surface area contributed by atoms with E-state index in [2.05, 4.69) is 157 Å². The van der Waals surface area contributed by atoms with Crippen molar-refractivity contribution in [1.82, 2.24) is 19.9 Å². The number of aromatic nitrogens is 4. The van der Waals surface area contributed by atoms with E-state index in [-0.39, 0.29) is 0 Å². The van der Waals surface area contributed by atoms with Gasteiger partial charge in [0.25, 0.3) is 0 Å². The third-order valence-corrected chi connectivity index (χ3v) is 10.9. The van der Waals surface area contributed by atoms with Crippen LogP contribution in [0.4, 0.5) is 0 Å². The van der Waals surface area contributed by atoms with Crippen LogP contribution in [-0.4, -0.2) is 19.9 Å². The molecule has 11 aromatic rings. The lowest BCUT2D eigenvalue weighted by Gasteiger charge is -2.16. The predicted molar refractivity (Wildman–Crippen MR) is 232 cm³/mol. The van der Waals surface area contributed by atoms with Crippen molar-refractivity contribution in [1.29, 1.82) is 0 Å². The van der Waals surface area contributed by atoms with E-state index >= 15 is 0 Å². The van der Waals surface area contributed by atoms with Crippen molar-refractivity contribution in [3.05, 3.63) is 194 Å². The average Bonchev–Trinajstić information content (AvgIpc) is 3.28. The van der Waals surface area contributed by atoms with Crippen LogP contribution in [-0.2, 0) is 0 Å². The maximum absolute atomic E-state index is 5.29. The lowest BCUT2D eigenvalue weighted by molar-refractivity contribution is 1.08. The Morgan fingerprint density at radius 1 is 0.268 bits per heavy atom. The molecule has 0 saturated carbocycles. The fraction of sp³-hybridized carbons (Fsp3) is 0. The van der Waals surface area contributed by atoms with E-state index in [1.54, 1.807) is 0 Å². The second-order valence-electron chi connectivity index (χ2n) is 14.2. The van der Waals surface area contributed by atoms with Gasteiger partial charge in [0, 0.05) is 28.3 Å². The van der Waals surface area contributed by atoms with Crippen LogP contribution < -0.4 is 0 Å². The molecule has 0 unspecified atom stereocenters. The zero-order chi connectivity index (χ0) is 37.0. The van der Waals surface area contributed by atoms with Crippen molar-refractivity contribution in [2.24, 2.45) is 0 Å². The summed E-state index contributed by atoms with van der Waals surface area (Å²) in [6.07, 6.45) is 1.82. The Morgan fingerprint density at radius 3 is 1.38 bits per heavy atom. The van der Waals surface area contributed by atoms with Gasteiger partial charge in [0.05, 0.1) is 5.52 Å². The summed E-state index contributed by atoms with van der Waals surface area (Å²) in [6.45, 7) is 0. The Balaban J connectivity index is 1.23. The molecule has 0 spiro atoms. The normalized spacial score (nSPS) is 11.6. The molecule has 0 aliphatic rings. The molecular weight excluding hydrogens is 681 g/mol. The highest BCUT2D eigenvalue weighted by molar-refractivity contribution is 6.16. The SMILES string of the molecule is c1ccc(-c2nc(-c3cc(-c4cc5ccccc5c5ccccc45)cc(-c4cc5ccccc5c5ccccc45)c3)nc(-c3cccc4ncccc34)n2)cc1. The average molecular weight is 713 g/mol. The highest BCUT2D eigenvalue weighted by atomic mass is 15.0. The van der Waals surface area contributed by atoms with Gasteiger partial charge in [0.1, 0.15) is 0 Å². The molecule has 0 atom stereocenters. The number of hydrogen-bond acceptors (Lipinski definition) is 4. The lowest BCUT2D eigenvalue weighted by Crippen LogP contribution is -2.01. The smallest absolute Gasteiger partial charge is 0.164 e. The van der Waals surface area contributed by atoms with Crippen LogP contribution in [0, 0.1) is 0 Å². The molecule has 2 heterocycles. The molecule has 11 rings (SSSR count). The maximum Gasteiger partial charge on any atom is 0.164 e. The molecule has 0 aliphatic carbocycles. The van der Waals surface area contributed by atoms with Crippen LogP contribution in [0.2, 0.25) is 0 Å². The van der Waals surface area contributed by atoms with Crippen molar-refractivity contribution in [2.45, 2.75) is 0 Å². The summed E-state index contributed by atoms with van der Waals surface area (Å²) < 4.78 is 0. The minimum absolute atomic E-state index is 0.603. The summed E-state index contributed by atoms with van der Waals surface area (Å²) in [5.41, 5.74) is 8.14. The van der Waals surface area contributed by atoms with Gasteiger partial charge >= 0.3 is 0 Å². The number of pyridine rings is 1. The Morgan fingerprint density at radius 2 is 0.750 bits per heavy atom. The molecule has 0 aliphatic heterocycles. The van der Waals surface area contributed by atoms with Crippen LogP contribution in [0.1, 0.15) is 0 Å². The van der Waals surface area contributed by atoms with Crippen molar-refractivity contribution >= 4 is 54.0 Å². The van der Waals surface area contributed by atoms with Crippen molar-refractivity contribution < 1.29 is 0 Å². The zero-order valence-corrected chi connectivity index (χ0v) is 30.3. The summed E-state index contributed by atoms with van der Waals surface area (Å²) in [5, 5.41) is 10.7. The van der Waals surface area contributed by atoms with Crippen LogP contribution in [0.5, 0.6) is 0 Å². The van der Waals surface area contributed by atoms with Gasteiger partial charge in [-0.15, -0.1) is 0 Å². The van der Waals surface area contributed by atoms with Crippen LogP contribution in [0.3, 0.4) is 0 Å². The second-order valence-corrected chi connectivity index (χ2v) is 14.2. The van der Waals surface area contributed by atoms with E-state index in [9.17, 15) is 0 Å². The maximum atomic E-state index is 5.29. The van der Waals surface area contributed by atoms with Gasteiger partial charge in [-0.1, -0.05) is 146 Å². The van der Waals surface area contributed by atoms with E-state index in [4.69, 9.17) is 15.0 Å². The number of fused-ring (bicyclic) bond motifs is 7. The third kappa shape index (κ3) is 5.39. The Hall–Kier alpha value is -7.56. The summed E-state index contributed by atoms with van der Waals surface area (Å²) in [4.78, 5) is 20.3. The molecule has 4 nitrogen and oxygen atoms in total. The standard InChI is InChI=1S/C52H32N4/c1-2-14-33(15-3-1)50-54-51(56-52(55-50)46-24-12-26-49-45(46)25-13-27-53-49)38-29-36(47-31-34-16-4-6-18-39(34)41-20-8-10-22-43(41)47)28-37(30-38)48-32-35-17-5-7-19-40(35)42-21-9-11-23-44(42)48/h1-32H. The van der Waals surface area contributed by atoms with Crippen LogP contribution >= 0.6 is 0 Å². The van der Waals surface area contributed by atoms with Gasteiger partial charge in [-0.2, -0.15) is 0 Å². The highest BCUT2D eigenvalue weighted by Gasteiger charge is 2.19. The summed E-state index contributed by atoms with van der Waals surface area (Å²) in [5.74, 6) is 1.82. The lowest BCUT2D eigenvalue weighted by atomic mass is 9.88. The fourth-order valence-electron chi connectivity index (χ4n) is 8.29. The van der Waals surface area contributed by atoms with Gasteiger partial charge in [0.15, 0.2) is 17.5 Å². The molecule has 4 heteroatoms. The van der Waals surface area contributed by atoms with Gasteiger partial charge < -0.3 is 0 Å². The predicted octanol–water partition coefficient (Wildman–Crippen LogP) is 13.4. The van der Waals surface area contributed by atoms with Crippen molar-refractivity contribution in [2.75, 3.05) is 0 Å². The molecule has 0 radical (unpaired) electrons. The quantitative estimate of drug-likeness (QED) is 0.167. The fourth-order valence-corrected chi connectivity index (χ4v) is 8.29. The van der Waals surface area contributed by atoms with E-state index < -0.39 is 0 Å². The molecular formula is C52H32N4. The van der Waals surface area contributed by atoms with Gasteiger partial charge in [-0.25, -0.2) is 15.0 Å². The van der Waals surface area contributed by atoms with Crippen LogP contribution in [0.25, 0.3) is 110 Å². The van der Waals surface area contributed by atoms with E-state index in [1.807, 2.05) is 42.6 Å². The summed E-state index contributed by atoms with van der Waals surface area (Å²) in [7, 11) is 0. The third-order valence-electron chi connectivity index (χ3n) is 10.9. The van der Waals surface area contributed by atoms with E-state index in [1.165, 1.54) is 43.1 Å². The van der Waals surface area contributed by atoms with Gasteiger partial charge in [0.2, 0.25) is 0 Å². The molecule has 0 amide bonds. The summed E-state index contributed by atoms with van der Waals surface area (Å²) in [6, 6.07) is 66.6. The molecule has 9 aromatic carbocycles. The molecule has 2 aromatic heterocycles. The van der Waals surface area contributed by atoms with E-state index in [0.717, 1.165) is 49.8 Å². The molecule has 0 N–H and O–H groups in total. The van der Waals surface area contributed by atoms with Crippen LogP contribution in [0.15, 0.2) is 194 Å². The first-order valence-corrected chi connectivity index (χ1v) is 18.9. The van der Waals surface area contributed by atoms with E-state index in [0.29, 0.717) is 17.5 Å². The number of benzene rings is 9. The first-order chi connectivity index (χ1) is 27.7. The molecule has 0 saturated heterocycles. The Kier molecular flexibility index (Phi) is 7.46. The minimum atomic E-state index is 0.603. The first-order valence-electron chi connectivity index (χ1n) is 18.9. The van der Waals surface area contributed by atoms with Crippen molar-refractivity contribution in [3.63, 3.8) is 0 Å². The number of rotatable bonds is 5. The second kappa shape index (κ2) is 13.1. The molecule has 260 valence electrons. The monoisotopic (exact) mass is 712 g/mol. The molecule has 0 bridgehead atoms. The summed E-state index contributed by atoms with van der Waals surface area (Å²) >= 11 is 0. The van der Waals surface area contributed by atoms with Gasteiger partial charge in [-0.05, 0) is 108 Å². The molecule has 56 heavy (non-hydrogen) atoms. The molecule has 0 fully saturated rings. The highest BCUT2D eigenvalue weighted by Crippen LogP contribution is 2.42. The van der Waals surface area contributed by atoms with Gasteiger partial charge in [-0.3, -0.25) is 4.98 Å². The number of hydrogen-bond donors (Lipinski definition) is 0.